The molecule has 0 spiro atoms. The van der Waals surface area contributed by atoms with Crippen LogP contribution in [0.3, 0.4) is 0 Å². The molecule has 0 fully saturated rings. The average molecular weight is 299 g/mol. The summed E-state index contributed by atoms with van der Waals surface area (Å²) in [5.74, 6) is -1.15. The van der Waals surface area contributed by atoms with Crippen LogP contribution in [0.15, 0.2) is 54.3 Å². The Morgan fingerprint density at radius 1 is 1.14 bits per heavy atom. The molecular weight excluding hydrogens is 289 g/mol. The van der Waals surface area contributed by atoms with Gasteiger partial charge in [0.05, 0.1) is 11.8 Å². The maximum atomic E-state index is 13.5. The van der Waals surface area contributed by atoms with Crippen molar-refractivity contribution in [3.63, 3.8) is 0 Å². The van der Waals surface area contributed by atoms with Gasteiger partial charge in [0.1, 0.15) is 5.01 Å². The van der Waals surface area contributed by atoms with Crippen LogP contribution in [0.2, 0.25) is 0 Å². The van der Waals surface area contributed by atoms with Crippen molar-refractivity contribution in [3.8, 4) is 10.6 Å². The summed E-state index contributed by atoms with van der Waals surface area (Å²) >= 11 is 1.54. The Hall–Kier alpha value is -2.60. The largest absolute Gasteiger partial charge is 0.322 e. The SMILES string of the molecule is O=C(Nc1ccc(-c2nccs2)cc1)c1ccncc1F. The lowest BCUT2D eigenvalue weighted by molar-refractivity contribution is 0.102. The Balaban J connectivity index is 1.77. The van der Waals surface area contributed by atoms with E-state index in [1.54, 1.807) is 18.3 Å². The van der Waals surface area contributed by atoms with E-state index in [1.807, 2.05) is 17.5 Å². The first-order valence-electron chi connectivity index (χ1n) is 6.15. The summed E-state index contributed by atoms with van der Waals surface area (Å²) in [7, 11) is 0. The molecule has 4 nitrogen and oxygen atoms in total. The molecule has 104 valence electrons. The molecule has 0 unspecified atom stereocenters. The molecule has 2 heterocycles. The van der Waals surface area contributed by atoms with Crippen LogP contribution in [0, 0.1) is 5.82 Å². The van der Waals surface area contributed by atoms with Crippen LogP contribution in [0.1, 0.15) is 10.4 Å². The minimum atomic E-state index is -0.644. The predicted octanol–water partition coefficient (Wildman–Crippen LogP) is 3.60. The Morgan fingerprint density at radius 2 is 1.95 bits per heavy atom. The Bertz CT molecular complexity index is 757. The molecule has 2 aromatic heterocycles. The fraction of sp³-hybridized carbons (Fsp3) is 0. The smallest absolute Gasteiger partial charge is 0.258 e. The molecular formula is C15H10FN3OS. The van der Waals surface area contributed by atoms with Crippen molar-refractivity contribution in [3.05, 3.63) is 65.7 Å². The molecule has 3 rings (SSSR count). The summed E-state index contributed by atoms with van der Waals surface area (Å²) in [4.78, 5) is 19.8. The molecule has 0 aliphatic carbocycles. The second-order valence-corrected chi connectivity index (χ2v) is 5.12. The van der Waals surface area contributed by atoms with Gasteiger partial charge in [0, 0.05) is 29.0 Å². The molecule has 1 amide bonds. The number of benzene rings is 1. The van der Waals surface area contributed by atoms with Crippen molar-refractivity contribution in [1.29, 1.82) is 0 Å². The highest BCUT2D eigenvalue weighted by Gasteiger charge is 2.11. The third-order valence-electron chi connectivity index (χ3n) is 2.84. The first kappa shape index (κ1) is 13.4. The summed E-state index contributed by atoms with van der Waals surface area (Å²) in [6, 6.07) is 8.57. The van der Waals surface area contributed by atoms with Gasteiger partial charge in [-0.2, -0.15) is 0 Å². The van der Waals surface area contributed by atoms with E-state index in [0.717, 1.165) is 16.8 Å². The molecule has 0 saturated heterocycles. The van der Waals surface area contributed by atoms with Crippen LogP contribution in [-0.4, -0.2) is 15.9 Å². The zero-order chi connectivity index (χ0) is 14.7. The van der Waals surface area contributed by atoms with Crippen molar-refractivity contribution >= 4 is 22.9 Å². The van der Waals surface area contributed by atoms with Crippen molar-refractivity contribution in [2.24, 2.45) is 0 Å². The molecule has 3 aromatic rings. The Labute approximate surface area is 124 Å². The molecule has 1 aromatic carbocycles. The second kappa shape index (κ2) is 5.80. The van der Waals surface area contributed by atoms with Gasteiger partial charge in [-0.1, -0.05) is 0 Å². The van der Waals surface area contributed by atoms with Crippen molar-refractivity contribution in [2.45, 2.75) is 0 Å². The zero-order valence-electron chi connectivity index (χ0n) is 10.8. The number of thiazole rings is 1. The van der Waals surface area contributed by atoms with E-state index >= 15 is 0 Å². The normalized spacial score (nSPS) is 10.3. The minimum Gasteiger partial charge on any atom is -0.322 e. The summed E-state index contributed by atoms with van der Waals surface area (Å²) in [5, 5.41) is 5.46. The molecule has 0 atom stereocenters. The van der Waals surface area contributed by atoms with Crippen LogP contribution in [0.4, 0.5) is 10.1 Å². The van der Waals surface area contributed by atoms with Gasteiger partial charge in [-0.15, -0.1) is 11.3 Å². The maximum absolute atomic E-state index is 13.5. The fourth-order valence-electron chi connectivity index (χ4n) is 1.82. The lowest BCUT2D eigenvalue weighted by Gasteiger charge is -2.06. The lowest BCUT2D eigenvalue weighted by atomic mass is 10.2. The third-order valence-corrected chi connectivity index (χ3v) is 3.66. The highest BCUT2D eigenvalue weighted by atomic mass is 32.1. The van der Waals surface area contributed by atoms with Crippen LogP contribution < -0.4 is 5.32 Å². The average Bonchev–Trinajstić information content (AvgIpc) is 3.02. The van der Waals surface area contributed by atoms with Gasteiger partial charge in [-0.25, -0.2) is 9.37 Å². The minimum absolute atomic E-state index is 0.0333. The fourth-order valence-corrected chi connectivity index (χ4v) is 2.46. The predicted molar refractivity (Wildman–Crippen MR) is 79.7 cm³/mol. The highest BCUT2D eigenvalue weighted by Crippen LogP contribution is 2.23. The summed E-state index contributed by atoms with van der Waals surface area (Å²) in [6.07, 6.45) is 4.13. The second-order valence-electron chi connectivity index (χ2n) is 4.22. The van der Waals surface area contributed by atoms with Gasteiger partial charge in [0.2, 0.25) is 0 Å². The number of carbonyl (C=O) groups is 1. The summed E-state index contributed by atoms with van der Waals surface area (Å²) in [5.41, 5.74) is 1.53. The number of amides is 1. The number of anilines is 1. The highest BCUT2D eigenvalue weighted by molar-refractivity contribution is 7.13. The summed E-state index contributed by atoms with van der Waals surface area (Å²) < 4.78 is 13.5. The maximum Gasteiger partial charge on any atom is 0.258 e. The van der Waals surface area contributed by atoms with Gasteiger partial charge in [-0.3, -0.25) is 9.78 Å². The molecule has 6 heteroatoms. The molecule has 0 bridgehead atoms. The quantitative estimate of drug-likeness (QED) is 0.804. The van der Waals surface area contributed by atoms with E-state index < -0.39 is 11.7 Å². The van der Waals surface area contributed by atoms with Crippen LogP contribution in [0.5, 0.6) is 0 Å². The van der Waals surface area contributed by atoms with Gasteiger partial charge in [0.25, 0.3) is 5.91 Å². The standard InChI is InChI=1S/C15H10FN3OS/c16-13-9-17-6-5-12(13)14(20)19-11-3-1-10(2-4-11)15-18-7-8-21-15/h1-9H,(H,19,20). The molecule has 1 N–H and O–H groups in total. The molecule has 0 saturated carbocycles. The number of nitrogens with zero attached hydrogens (tertiary/aromatic N) is 2. The number of nitrogens with one attached hydrogen (secondary N) is 1. The van der Waals surface area contributed by atoms with E-state index in [0.29, 0.717) is 5.69 Å². The molecule has 0 aliphatic heterocycles. The van der Waals surface area contributed by atoms with E-state index in [2.05, 4.69) is 15.3 Å². The van der Waals surface area contributed by atoms with Crippen LogP contribution in [-0.2, 0) is 0 Å². The van der Waals surface area contributed by atoms with Crippen LogP contribution >= 0.6 is 11.3 Å². The molecule has 0 radical (unpaired) electrons. The third kappa shape index (κ3) is 2.95. The van der Waals surface area contributed by atoms with E-state index in [4.69, 9.17) is 0 Å². The Morgan fingerprint density at radius 3 is 2.62 bits per heavy atom. The Kier molecular flexibility index (Phi) is 3.70. The van der Waals surface area contributed by atoms with E-state index in [1.165, 1.54) is 23.6 Å². The van der Waals surface area contributed by atoms with E-state index in [-0.39, 0.29) is 5.56 Å². The van der Waals surface area contributed by atoms with Gasteiger partial charge < -0.3 is 5.32 Å². The van der Waals surface area contributed by atoms with Gasteiger partial charge in [-0.05, 0) is 30.3 Å². The molecule has 21 heavy (non-hydrogen) atoms. The van der Waals surface area contributed by atoms with Gasteiger partial charge in [0.15, 0.2) is 5.82 Å². The number of hydrogen-bond donors (Lipinski definition) is 1. The number of halogens is 1. The monoisotopic (exact) mass is 299 g/mol. The number of aromatic nitrogens is 2. The first-order valence-corrected chi connectivity index (χ1v) is 7.03. The lowest BCUT2D eigenvalue weighted by Crippen LogP contribution is -2.13. The first-order chi connectivity index (χ1) is 10.2. The van der Waals surface area contributed by atoms with Crippen LogP contribution in [0.25, 0.3) is 10.6 Å². The molecule has 0 aliphatic rings. The topological polar surface area (TPSA) is 54.9 Å². The number of hydrogen-bond acceptors (Lipinski definition) is 4. The zero-order valence-corrected chi connectivity index (χ0v) is 11.6. The summed E-state index contributed by atoms with van der Waals surface area (Å²) in [6.45, 7) is 0. The number of pyridine rings is 1. The van der Waals surface area contributed by atoms with Crippen molar-refractivity contribution in [1.82, 2.24) is 9.97 Å². The van der Waals surface area contributed by atoms with E-state index in [9.17, 15) is 9.18 Å². The number of rotatable bonds is 3. The number of carbonyl (C=O) groups excluding carboxylic acids is 1. The van der Waals surface area contributed by atoms with Crippen molar-refractivity contribution < 1.29 is 9.18 Å². The van der Waals surface area contributed by atoms with Gasteiger partial charge >= 0.3 is 0 Å². The van der Waals surface area contributed by atoms with Crippen molar-refractivity contribution in [2.75, 3.05) is 5.32 Å².